The topological polar surface area (TPSA) is 84.5 Å². The molecule has 1 amide bonds. The maximum atomic E-state index is 13.8. The van der Waals surface area contributed by atoms with E-state index in [0.717, 1.165) is 27.5 Å². The van der Waals surface area contributed by atoms with Crippen molar-refractivity contribution in [2.75, 3.05) is 14.2 Å². The molecule has 5 rings (SSSR count). The molecule has 3 heterocycles. The minimum Gasteiger partial charge on any atom is -0.497 e. The number of rotatable bonds is 3. The molecular weight excluding hydrogens is 518 g/mol. The van der Waals surface area contributed by atoms with Crippen molar-refractivity contribution >= 4 is 53.4 Å². The van der Waals surface area contributed by atoms with Crippen LogP contribution in [0.5, 0.6) is 5.75 Å². The van der Waals surface area contributed by atoms with E-state index in [9.17, 15) is 9.59 Å². The van der Waals surface area contributed by atoms with E-state index in [1.54, 1.807) is 7.11 Å². The van der Waals surface area contributed by atoms with Crippen LogP contribution in [0.2, 0.25) is 24.8 Å². The Hall–Kier alpha value is -3.80. The first kappa shape index (κ1) is 25.8. The van der Waals surface area contributed by atoms with Gasteiger partial charge in [0.05, 0.1) is 19.7 Å². The number of carbonyl (C=O) groups is 2. The van der Waals surface area contributed by atoms with Gasteiger partial charge in [-0.2, -0.15) is 0 Å². The van der Waals surface area contributed by atoms with E-state index >= 15 is 0 Å². The van der Waals surface area contributed by atoms with Crippen LogP contribution in [-0.2, 0) is 20.7 Å². The number of hydrogen-bond donors (Lipinski definition) is 1. The van der Waals surface area contributed by atoms with Gasteiger partial charge < -0.3 is 19.4 Å². The zero-order chi connectivity index (χ0) is 27.2. The molecule has 1 aliphatic heterocycles. The number of esters is 1. The summed E-state index contributed by atoms with van der Waals surface area (Å²) in [6, 6.07) is 13.7. The van der Waals surface area contributed by atoms with Gasteiger partial charge >= 0.3 is 5.97 Å². The molecule has 0 unspecified atom stereocenters. The number of amides is 1. The number of benzene rings is 2. The normalized spacial score (nSPS) is 17.1. The van der Waals surface area contributed by atoms with Crippen molar-refractivity contribution in [3.05, 3.63) is 70.5 Å². The zero-order valence-corrected chi connectivity index (χ0v) is 23.6. The number of aromatic amines is 1. The molecule has 2 aromatic heterocycles. The predicted octanol–water partition coefficient (Wildman–Crippen LogP) is 5.27. The van der Waals surface area contributed by atoms with Gasteiger partial charge in [-0.25, -0.2) is 9.78 Å². The third-order valence-electron chi connectivity index (χ3n) is 6.68. The lowest BCUT2D eigenvalue weighted by atomic mass is 9.88. The Morgan fingerprint density at radius 1 is 1.13 bits per heavy atom. The second kappa shape index (κ2) is 9.82. The van der Waals surface area contributed by atoms with Crippen LogP contribution < -0.4 is 4.74 Å². The minimum atomic E-state index is -1.88. The lowest BCUT2D eigenvalue weighted by Gasteiger charge is -2.40. The largest absolute Gasteiger partial charge is 0.497 e. The first-order valence-corrected chi connectivity index (χ1v) is 16.2. The van der Waals surface area contributed by atoms with Gasteiger partial charge in [0, 0.05) is 34.0 Å². The molecule has 9 heteroatoms. The summed E-state index contributed by atoms with van der Waals surface area (Å²) >= 11 is 6.82. The molecule has 2 atom stereocenters. The van der Waals surface area contributed by atoms with E-state index < -0.39 is 32.0 Å². The summed E-state index contributed by atoms with van der Waals surface area (Å²) in [5.41, 5.74) is 7.03. The third kappa shape index (κ3) is 4.64. The Labute approximate surface area is 227 Å². The summed E-state index contributed by atoms with van der Waals surface area (Å²) in [6.45, 7) is 6.18. The molecule has 194 valence electrons. The number of halogens is 1. The van der Waals surface area contributed by atoms with Crippen molar-refractivity contribution in [3.8, 4) is 17.2 Å². The van der Waals surface area contributed by atoms with Crippen molar-refractivity contribution in [2.45, 2.75) is 38.1 Å². The van der Waals surface area contributed by atoms with E-state index in [4.69, 9.17) is 21.1 Å². The highest BCUT2D eigenvalue weighted by molar-refractivity contribution is 6.84. The molecule has 0 bridgehead atoms. The van der Waals surface area contributed by atoms with Crippen molar-refractivity contribution in [1.29, 1.82) is 0 Å². The smallest absolute Gasteiger partial charge is 0.328 e. The fourth-order valence-electron chi connectivity index (χ4n) is 4.95. The maximum absolute atomic E-state index is 13.8. The number of pyridine rings is 1. The van der Waals surface area contributed by atoms with Crippen LogP contribution in [0.15, 0.2) is 48.5 Å². The van der Waals surface area contributed by atoms with Crippen molar-refractivity contribution in [1.82, 2.24) is 14.9 Å². The Bertz CT molecular complexity index is 1650. The Balaban J connectivity index is 1.80. The van der Waals surface area contributed by atoms with Gasteiger partial charge in [-0.05, 0) is 41.8 Å². The second-order valence-corrected chi connectivity index (χ2v) is 15.5. The van der Waals surface area contributed by atoms with Crippen LogP contribution >= 0.6 is 11.6 Å². The molecule has 4 aromatic rings. The number of H-pyrrole nitrogens is 1. The van der Waals surface area contributed by atoms with Crippen LogP contribution in [0, 0.1) is 11.5 Å². The number of nitrogens with one attached hydrogen (secondary N) is 1. The average molecular weight is 546 g/mol. The highest BCUT2D eigenvalue weighted by Gasteiger charge is 2.44. The Morgan fingerprint density at radius 3 is 2.61 bits per heavy atom. The molecule has 1 N–H and O–H groups in total. The molecule has 38 heavy (non-hydrogen) atoms. The fraction of sp³-hybridized carbons (Fsp3) is 0.276. The number of methoxy groups -OCH3 is 2. The fourth-order valence-corrected chi connectivity index (χ4v) is 5.68. The summed E-state index contributed by atoms with van der Waals surface area (Å²) in [6.07, 6.45) is 0.287. The van der Waals surface area contributed by atoms with Crippen LogP contribution in [-0.4, -0.2) is 55.1 Å². The maximum Gasteiger partial charge on any atom is 0.328 e. The predicted molar refractivity (Wildman–Crippen MR) is 151 cm³/mol. The van der Waals surface area contributed by atoms with E-state index in [1.807, 2.05) is 48.5 Å². The van der Waals surface area contributed by atoms with E-state index in [1.165, 1.54) is 12.0 Å². The van der Waals surface area contributed by atoms with Gasteiger partial charge in [0.2, 0.25) is 0 Å². The minimum absolute atomic E-state index is 0.235. The van der Waals surface area contributed by atoms with Crippen LogP contribution in [0.4, 0.5) is 0 Å². The molecule has 0 radical (unpaired) electrons. The molecule has 0 saturated heterocycles. The number of aromatic nitrogens is 2. The number of carbonyl (C=O) groups excluding carboxylic acids is 2. The van der Waals surface area contributed by atoms with E-state index in [2.05, 4.69) is 41.1 Å². The number of nitrogens with zero attached hydrogens (tertiary/aromatic N) is 2. The zero-order valence-electron chi connectivity index (χ0n) is 21.9. The molecule has 2 aromatic carbocycles. The highest BCUT2D eigenvalue weighted by atomic mass is 35.5. The standard InChI is InChI=1S/C29H28ClN3O4Si/c1-36-18-10-11-22-17(14-18)15-21(28(30)32-22)27-26-20(19-8-6-7-9-23(19)31-26)16-24(29(35)37-2)33(27)25(34)12-13-38(3,4)5/h6-11,14-15,24,27,31H,16H2,1-5H3/t24-,27-/m1/s1. The van der Waals surface area contributed by atoms with E-state index in [-0.39, 0.29) is 11.6 Å². The molecule has 0 fully saturated rings. The summed E-state index contributed by atoms with van der Waals surface area (Å²) in [4.78, 5) is 36.6. The summed E-state index contributed by atoms with van der Waals surface area (Å²) in [7, 11) is 1.04. The second-order valence-electron chi connectivity index (χ2n) is 10.3. The lowest BCUT2D eigenvalue weighted by molar-refractivity contribution is -0.153. The Morgan fingerprint density at radius 2 is 1.89 bits per heavy atom. The first-order chi connectivity index (χ1) is 18.1. The molecule has 0 spiro atoms. The third-order valence-corrected chi connectivity index (χ3v) is 7.86. The molecular formula is C29H28ClN3O4Si. The number of hydrogen-bond acceptors (Lipinski definition) is 5. The summed E-state index contributed by atoms with van der Waals surface area (Å²) in [5.74, 6) is 2.53. The first-order valence-electron chi connectivity index (χ1n) is 12.3. The molecule has 0 saturated carbocycles. The van der Waals surface area contributed by atoms with Gasteiger partial charge in [0.1, 0.15) is 31.1 Å². The van der Waals surface area contributed by atoms with E-state index in [0.29, 0.717) is 16.8 Å². The molecule has 7 nitrogen and oxygen atoms in total. The Kier molecular flexibility index (Phi) is 6.68. The summed E-state index contributed by atoms with van der Waals surface area (Å²) < 4.78 is 10.6. The van der Waals surface area contributed by atoms with Crippen LogP contribution in [0.25, 0.3) is 21.8 Å². The molecule has 0 aliphatic carbocycles. The monoisotopic (exact) mass is 545 g/mol. The van der Waals surface area contributed by atoms with Crippen LogP contribution in [0.3, 0.4) is 0 Å². The van der Waals surface area contributed by atoms with Crippen molar-refractivity contribution in [3.63, 3.8) is 0 Å². The van der Waals surface area contributed by atoms with Gasteiger partial charge in [-0.1, -0.05) is 49.4 Å². The van der Waals surface area contributed by atoms with Crippen molar-refractivity contribution < 1.29 is 19.1 Å². The van der Waals surface area contributed by atoms with Gasteiger partial charge in [-0.15, -0.1) is 5.54 Å². The lowest BCUT2D eigenvalue weighted by Crippen LogP contribution is -2.51. The van der Waals surface area contributed by atoms with Gasteiger partial charge in [-0.3, -0.25) is 4.79 Å². The summed E-state index contributed by atoms with van der Waals surface area (Å²) in [5, 5.41) is 2.01. The average Bonchev–Trinajstić information content (AvgIpc) is 3.27. The van der Waals surface area contributed by atoms with Gasteiger partial charge in [0.15, 0.2) is 0 Å². The number of ether oxygens (including phenoxy) is 2. The van der Waals surface area contributed by atoms with Crippen LogP contribution in [0.1, 0.15) is 22.9 Å². The highest BCUT2D eigenvalue weighted by Crippen LogP contribution is 2.43. The number of para-hydroxylation sites is 1. The van der Waals surface area contributed by atoms with Gasteiger partial charge in [0.25, 0.3) is 5.91 Å². The van der Waals surface area contributed by atoms with Crippen molar-refractivity contribution in [2.24, 2.45) is 0 Å². The quantitative estimate of drug-likeness (QED) is 0.164. The number of fused-ring (bicyclic) bond motifs is 4. The molecule has 1 aliphatic rings. The SMILES string of the molecule is COC(=O)[C@H]1Cc2c([nH]c3ccccc23)[C@@H](c2cc3cc(OC)ccc3nc2Cl)N1C(=O)C#C[Si](C)(C)C.